The van der Waals surface area contributed by atoms with E-state index in [-0.39, 0.29) is 31.1 Å². The SMILES string of the molecule is CC/C=C\C/C=C\C/C=C\C/C=C\C/C=C\C/C=C\CCCCCCCCC(=O)OCC(COC(=O)CCCCCCC/C=C\CCCC)OC(=O)CCCCCCC/C=C\C/C=C\CCCCCC. The van der Waals surface area contributed by atoms with Crippen molar-refractivity contribution in [2.75, 3.05) is 13.2 Å². The summed E-state index contributed by atoms with van der Waals surface area (Å²) in [6.45, 7) is 6.44. The van der Waals surface area contributed by atoms with Gasteiger partial charge < -0.3 is 14.2 Å². The van der Waals surface area contributed by atoms with E-state index in [2.05, 4.69) is 130 Å². The summed E-state index contributed by atoms with van der Waals surface area (Å²) < 4.78 is 16.8. The molecule has 0 aromatic carbocycles. The van der Waals surface area contributed by atoms with Gasteiger partial charge in [-0.3, -0.25) is 14.4 Å². The third-order valence-corrected chi connectivity index (χ3v) is 12.0. The average molecular weight is 972 g/mol. The Morgan fingerprint density at radius 1 is 0.300 bits per heavy atom. The molecule has 0 aliphatic heterocycles. The summed E-state index contributed by atoms with van der Waals surface area (Å²) in [5.41, 5.74) is 0. The number of carbonyl (C=O) groups is 3. The van der Waals surface area contributed by atoms with Crippen molar-refractivity contribution >= 4 is 17.9 Å². The molecule has 0 rings (SSSR count). The van der Waals surface area contributed by atoms with Gasteiger partial charge in [-0.15, -0.1) is 0 Å². The lowest BCUT2D eigenvalue weighted by Crippen LogP contribution is -2.30. The minimum atomic E-state index is -0.797. The largest absolute Gasteiger partial charge is 0.462 e. The van der Waals surface area contributed by atoms with Crippen molar-refractivity contribution in [3.05, 3.63) is 109 Å². The second-order valence-corrected chi connectivity index (χ2v) is 18.8. The van der Waals surface area contributed by atoms with Crippen LogP contribution in [0.25, 0.3) is 0 Å². The number of hydrogen-bond donors (Lipinski definition) is 0. The van der Waals surface area contributed by atoms with Crippen LogP contribution in [0.1, 0.15) is 258 Å². The van der Waals surface area contributed by atoms with Gasteiger partial charge in [0.05, 0.1) is 0 Å². The van der Waals surface area contributed by atoms with Crippen LogP contribution >= 0.6 is 0 Å². The lowest BCUT2D eigenvalue weighted by molar-refractivity contribution is -0.167. The van der Waals surface area contributed by atoms with Crippen LogP contribution in [0.3, 0.4) is 0 Å². The Kier molecular flexibility index (Phi) is 54.4. The molecule has 0 saturated heterocycles. The molecule has 1 atom stereocenters. The first-order valence-electron chi connectivity index (χ1n) is 28.9. The smallest absolute Gasteiger partial charge is 0.306 e. The predicted molar refractivity (Wildman–Crippen MR) is 302 cm³/mol. The zero-order valence-corrected chi connectivity index (χ0v) is 45.5. The van der Waals surface area contributed by atoms with Crippen LogP contribution in [0.15, 0.2) is 109 Å². The molecule has 0 aliphatic carbocycles. The Morgan fingerprint density at radius 2 is 0.571 bits per heavy atom. The van der Waals surface area contributed by atoms with E-state index in [0.29, 0.717) is 19.3 Å². The van der Waals surface area contributed by atoms with Crippen LogP contribution in [0, 0.1) is 0 Å². The van der Waals surface area contributed by atoms with Gasteiger partial charge in [-0.2, -0.15) is 0 Å². The maximum Gasteiger partial charge on any atom is 0.306 e. The Balaban J connectivity index is 4.37. The fourth-order valence-electron chi connectivity index (χ4n) is 7.63. The monoisotopic (exact) mass is 971 g/mol. The second kappa shape index (κ2) is 57.6. The molecule has 6 nitrogen and oxygen atoms in total. The van der Waals surface area contributed by atoms with Gasteiger partial charge in [0.15, 0.2) is 6.10 Å². The van der Waals surface area contributed by atoms with E-state index >= 15 is 0 Å². The number of esters is 3. The van der Waals surface area contributed by atoms with Crippen molar-refractivity contribution in [1.29, 1.82) is 0 Å². The van der Waals surface area contributed by atoms with Crippen molar-refractivity contribution in [2.24, 2.45) is 0 Å². The molecule has 0 fully saturated rings. The Morgan fingerprint density at radius 3 is 0.929 bits per heavy atom. The molecular formula is C64H106O6. The van der Waals surface area contributed by atoms with Crippen molar-refractivity contribution in [3.8, 4) is 0 Å². The molecule has 6 heteroatoms. The van der Waals surface area contributed by atoms with Crippen molar-refractivity contribution in [2.45, 2.75) is 264 Å². The van der Waals surface area contributed by atoms with Crippen LogP contribution < -0.4 is 0 Å². The molecule has 0 aromatic heterocycles. The Labute approximate surface area is 431 Å². The van der Waals surface area contributed by atoms with E-state index < -0.39 is 6.10 Å². The number of rotatable bonds is 51. The summed E-state index contributed by atoms with van der Waals surface area (Å²) in [5, 5.41) is 0. The standard InChI is InChI=1S/C64H106O6/c1-4-7-10-13-16-19-22-24-26-28-29-30-31-32-33-34-35-36-38-39-42-45-48-51-54-57-63(66)69-60-61(59-68-62(65)56-53-50-47-44-41-21-18-15-12-9-6-3)70-64(67)58-55-52-49-46-43-40-37-27-25-23-20-17-14-11-8-5-2/h7,10,15-16,18-20,23-24,26-27,29-30,32-33,35-37,61H,4-6,8-9,11-14,17,21-22,25,28,31,34,38-60H2,1-3H3/b10-7-,18-15-,19-16-,23-20-,26-24-,30-29-,33-32-,36-35-,37-27-. The zero-order valence-electron chi connectivity index (χ0n) is 45.5. The molecule has 398 valence electrons. The second-order valence-electron chi connectivity index (χ2n) is 18.8. The molecule has 0 heterocycles. The highest BCUT2D eigenvalue weighted by Gasteiger charge is 2.19. The first kappa shape index (κ1) is 66.1. The van der Waals surface area contributed by atoms with Crippen LogP contribution in [-0.2, 0) is 28.6 Å². The molecule has 70 heavy (non-hydrogen) atoms. The van der Waals surface area contributed by atoms with E-state index in [1.807, 2.05) is 0 Å². The van der Waals surface area contributed by atoms with E-state index in [1.165, 1.54) is 70.6 Å². The molecule has 0 saturated carbocycles. The third kappa shape index (κ3) is 55.0. The first-order chi connectivity index (χ1) is 34.5. The van der Waals surface area contributed by atoms with E-state index in [9.17, 15) is 14.4 Å². The first-order valence-corrected chi connectivity index (χ1v) is 28.9. The number of unbranched alkanes of at least 4 members (excludes halogenated alkanes) is 22. The quantitative estimate of drug-likeness (QED) is 0.0262. The molecule has 0 aromatic rings. The summed E-state index contributed by atoms with van der Waals surface area (Å²) >= 11 is 0. The predicted octanol–water partition coefficient (Wildman–Crippen LogP) is 19.5. The number of hydrogen-bond acceptors (Lipinski definition) is 6. The summed E-state index contributed by atoms with van der Waals surface area (Å²) in [5.74, 6) is -0.933. The minimum absolute atomic E-state index is 0.0942. The molecule has 0 spiro atoms. The maximum atomic E-state index is 12.8. The van der Waals surface area contributed by atoms with Gasteiger partial charge in [-0.05, 0) is 122 Å². The highest BCUT2D eigenvalue weighted by molar-refractivity contribution is 5.71. The molecule has 1 unspecified atom stereocenters. The highest BCUT2D eigenvalue weighted by Crippen LogP contribution is 2.14. The fourth-order valence-corrected chi connectivity index (χ4v) is 7.63. The lowest BCUT2D eigenvalue weighted by Gasteiger charge is -2.18. The minimum Gasteiger partial charge on any atom is -0.462 e. The average Bonchev–Trinajstić information content (AvgIpc) is 3.36. The summed E-state index contributed by atoms with van der Waals surface area (Å²) in [6, 6.07) is 0. The maximum absolute atomic E-state index is 12.8. The molecule has 0 amide bonds. The zero-order chi connectivity index (χ0) is 50.7. The third-order valence-electron chi connectivity index (χ3n) is 12.0. The summed E-state index contributed by atoms with van der Waals surface area (Å²) in [6.07, 6.45) is 77.9. The molecule has 0 radical (unpaired) electrons. The molecule has 0 bridgehead atoms. The van der Waals surface area contributed by atoms with Gasteiger partial charge in [0, 0.05) is 19.3 Å². The Hall–Kier alpha value is -3.93. The fraction of sp³-hybridized carbons (Fsp3) is 0.672. The molecular weight excluding hydrogens is 865 g/mol. The lowest BCUT2D eigenvalue weighted by atomic mass is 10.1. The van der Waals surface area contributed by atoms with Gasteiger partial charge in [0.25, 0.3) is 0 Å². The van der Waals surface area contributed by atoms with Gasteiger partial charge in [-0.1, -0.05) is 226 Å². The van der Waals surface area contributed by atoms with Gasteiger partial charge in [-0.25, -0.2) is 0 Å². The van der Waals surface area contributed by atoms with Crippen LogP contribution in [-0.4, -0.2) is 37.2 Å². The topological polar surface area (TPSA) is 78.9 Å². The van der Waals surface area contributed by atoms with Crippen LogP contribution in [0.2, 0.25) is 0 Å². The highest BCUT2D eigenvalue weighted by atomic mass is 16.6. The van der Waals surface area contributed by atoms with E-state index in [0.717, 1.165) is 148 Å². The van der Waals surface area contributed by atoms with Crippen LogP contribution in [0.5, 0.6) is 0 Å². The van der Waals surface area contributed by atoms with Gasteiger partial charge in [0.1, 0.15) is 13.2 Å². The van der Waals surface area contributed by atoms with Crippen molar-refractivity contribution < 1.29 is 28.6 Å². The van der Waals surface area contributed by atoms with Crippen molar-refractivity contribution in [3.63, 3.8) is 0 Å². The molecule has 0 N–H and O–H groups in total. The summed E-state index contributed by atoms with van der Waals surface area (Å²) in [7, 11) is 0. The van der Waals surface area contributed by atoms with Gasteiger partial charge in [0.2, 0.25) is 0 Å². The van der Waals surface area contributed by atoms with Crippen LogP contribution in [0.4, 0.5) is 0 Å². The summed E-state index contributed by atoms with van der Waals surface area (Å²) in [4.78, 5) is 38.1. The van der Waals surface area contributed by atoms with E-state index in [1.54, 1.807) is 0 Å². The Bertz CT molecular complexity index is 1440. The van der Waals surface area contributed by atoms with Gasteiger partial charge >= 0.3 is 17.9 Å². The van der Waals surface area contributed by atoms with E-state index in [4.69, 9.17) is 14.2 Å². The number of allylic oxidation sites excluding steroid dienone is 18. The normalized spacial score (nSPS) is 12.9. The van der Waals surface area contributed by atoms with Crippen molar-refractivity contribution in [1.82, 2.24) is 0 Å². The number of ether oxygens (including phenoxy) is 3. The number of carbonyl (C=O) groups excluding carboxylic acids is 3. The molecule has 0 aliphatic rings.